The molecule has 0 amide bonds. The van der Waals surface area contributed by atoms with Gasteiger partial charge in [0, 0.05) is 18.3 Å². The van der Waals surface area contributed by atoms with Crippen LogP contribution in [0.15, 0.2) is 18.2 Å². The van der Waals surface area contributed by atoms with Crippen molar-refractivity contribution in [2.75, 3.05) is 18.8 Å². The van der Waals surface area contributed by atoms with E-state index in [0.717, 1.165) is 5.69 Å². The molecule has 1 atom stereocenters. The Bertz CT molecular complexity index is 365. The van der Waals surface area contributed by atoms with E-state index >= 15 is 0 Å². The molecule has 2 aliphatic heterocycles. The lowest BCUT2D eigenvalue weighted by molar-refractivity contribution is 0.244. The van der Waals surface area contributed by atoms with Crippen molar-refractivity contribution in [2.24, 2.45) is 0 Å². The molecule has 2 N–H and O–H groups in total. The van der Waals surface area contributed by atoms with Crippen molar-refractivity contribution in [2.45, 2.75) is 25.3 Å². The van der Waals surface area contributed by atoms with Crippen LogP contribution in [0.4, 0.5) is 5.69 Å². The van der Waals surface area contributed by atoms with Gasteiger partial charge in [-0.05, 0) is 49.1 Å². The molecule has 0 aromatic heterocycles. The number of benzene rings is 1. The summed E-state index contributed by atoms with van der Waals surface area (Å²) in [6.45, 7) is 2.51. The van der Waals surface area contributed by atoms with Gasteiger partial charge in [0.25, 0.3) is 0 Å². The highest BCUT2D eigenvalue weighted by Gasteiger charge is 2.30. The van der Waals surface area contributed by atoms with E-state index in [1.54, 1.807) is 0 Å². The molecule has 2 nitrogen and oxygen atoms in total. The first kappa shape index (κ1) is 11.2. The summed E-state index contributed by atoms with van der Waals surface area (Å²) in [5.41, 5.74) is 9.77. The quantitative estimate of drug-likeness (QED) is 0.589. The third kappa shape index (κ3) is 1.87. The molecule has 15 heavy (non-hydrogen) atoms. The third-order valence-electron chi connectivity index (χ3n) is 3.56. The first-order valence-corrected chi connectivity index (χ1v) is 5.47. The van der Waals surface area contributed by atoms with Gasteiger partial charge >= 0.3 is 0 Å². The van der Waals surface area contributed by atoms with Crippen LogP contribution in [0.25, 0.3) is 0 Å². The Morgan fingerprint density at radius 2 is 2.13 bits per heavy atom. The van der Waals surface area contributed by atoms with Crippen molar-refractivity contribution in [3.05, 3.63) is 29.3 Å². The van der Waals surface area contributed by atoms with Crippen molar-refractivity contribution in [1.29, 1.82) is 0 Å². The van der Waals surface area contributed by atoms with Crippen LogP contribution in [0.3, 0.4) is 0 Å². The molecule has 1 unspecified atom stereocenters. The second-order valence-corrected chi connectivity index (χ2v) is 4.40. The molecular weight excluding hydrogens is 299 g/mol. The highest BCUT2D eigenvalue weighted by Crippen LogP contribution is 2.38. The van der Waals surface area contributed by atoms with Gasteiger partial charge in [0.2, 0.25) is 0 Å². The molecule has 2 heterocycles. The molecule has 3 heteroatoms. The van der Waals surface area contributed by atoms with Crippen LogP contribution >= 0.6 is 24.0 Å². The van der Waals surface area contributed by atoms with E-state index < -0.39 is 0 Å². The highest BCUT2D eigenvalue weighted by molar-refractivity contribution is 14.0. The highest BCUT2D eigenvalue weighted by atomic mass is 127. The van der Waals surface area contributed by atoms with Crippen LogP contribution in [0, 0.1) is 0 Å². The van der Waals surface area contributed by atoms with Crippen LogP contribution in [-0.2, 0) is 6.42 Å². The monoisotopic (exact) mass is 316 g/mol. The van der Waals surface area contributed by atoms with Crippen molar-refractivity contribution < 1.29 is 0 Å². The average molecular weight is 316 g/mol. The summed E-state index contributed by atoms with van der Waals surface area (Å²) < 4.78 is 0. The Morgan fingerprint density at radius 1 is 1.27 bits per heavy atom. The van der Waals surface area contributed by atoms with Crippen molar-refractivity contribution in [3.8, 4) is 0 Å². The molecule has 3 rings (SSSR count). The molecule has 1 aromatic rings. The Morgan fingerprint density at radius 3 is 3.00 bits per heavy atom. The van der Waals surface area contributed by atoms with E-state index in [1.807, 2.05) is 6.07 Å². The predicted octanol–water partition coefficient (Wildman–Crippen LogP) is 2.58. The number of halogens is 1. The van der Waals surface area contributed by atoms with Gasteiger partial charge < -0.3 is 5.73 Å². The third-order valence-corrected chi connectivity index (χ3v) is 3.56. The fraction of sp³-hybridized carbons (Fsp3) is 0.500. The number of hydrogen-bond acceptors (Lipinski definition) is 2. The minimum Gasteiger partial charge on any atom is -0.399 e. The summed E-state index contributed by atoms with van der Waals surface area (Å²) in [5, 5.41) is 0. The molecule has 2 aliphatic rings. The molecule has 0 saturated carbocycles. The zero-order chi connectivity index (χ0) is 9.54. The van der Waals surface area contributed by atoms with Gasteiger partial charge in [0.05, 0.1) is 0 Å². The maximum atomic E-state index is 5.85. The molecule has 82 valence electrons. The first-order valence-electron chi connectivity index (χ1n) is 5.47. The zero-order valence-electron chi connectivity index (χ0n) is 8.78. The van der Waals surface area contributed by atoms with E-state index in [2.05, 4.69) is 17.0 Å². The number of nitrogen functional groups attached to an aromatic ring is 1. The molecule has 0 aliphatic carbocycles. The van der Waals surface area contributed by atoms with Gasteiger partial charge in [-0.1, -0.05) is 6.07 Å². The second kappa shape index (κ2) is 4.29. The van der Waals surface area contributed by atoms with Gasteiger partial charge in [0.15, 0.2) is 0 Å². The van der Waals surface area contributed by atoms with Gasteiger partial charge in [-0.3, -0.25) is 4.90 Å². The largest absolute Gasteiger partial charge is 0.399 e. The minimum atomic E-state index is 0. The number of fused-ring (bicyclic) bond motifs is 3. The fourth-order valence-corrected chi connectivity index (χ4v) is 2.86. The van der Waals surface area contributed by atoms with E-state index in [0.29, 0.717) is 6.04 Å². The Hall–Kier alpha value is -0.290. The second-order valence-electron chi connectivity index (χ2n) is 4.40. The van der Waals surface area contributed by atoms with Crippen LogP contribution in [0.5, 0.6) is 0 Å². The normalized spacial score (nSPS) is 24.1. The Balaban J connectivity index is 0.000000853. The van der Waals surface area contributed by atoms with Crippen molar-refractivity contribution in [1.82, 2.24) is 4.90 Å². The van der Waals surface area contributed by atoms with Crippen LogP contribution in [-0.4, -0.2) is 18.0 Å². The number of nitrogens with zero attached hydrogens (tertiary/aromatic N) is 1. The van der Waals surface area contributed by atoms with Gasteiger partial charge in [-0.25, -0.2) is 0 Å². The zero-order valence-corrected chi connectivity index (χ0v) is 11.1. The lowest BCUT2D eigenvalue weighted by Gasteiger charge is -2.31. The summed E-state index contributed by atoms with van der Waals surface area (Å²) in [7, 11) is 0. The van der Waals surface area contributed by atoms with Gasteiger partial charge in [0.1, 0.15) is 0 Å². The summed E-state index contributed by atoms with van der Waals surface area (Å²) >= 11 is 0. The van der Waals surface area contributed by atoms with Crippen LogP contribution in [0.2, 0.25) is 0 Å². The van der Waals surface area contributed by atoms with Crippen LogP contribution in [0.1, 0.15) is 30.0 Å². The van der Waals surface area contributed by atoms with Gasteiger partial charge in [-0.15, -0.1) is 24.0 Å². The minimum absolute atomic E-state index is 0. The topological polar surface area (TPSA) is 29.3 Å². The molecule has 0 radical (unpaired) electrons. The molecule has 0 spiro atoms. The summed E-state index contributed by atoms with van der Waals surface area (Å²) in [4.78, 5) is 2.60. The molecule has 1 saturated heterocycles. The lowest BCUT2D eigenvalue weighted by atomic mass is 9.92. The number of anilines is 1. The predicted molar refractivity (Wildman–Crippen MR) is 73.5 cm³/mol. The number of hydrogen-bond donors (Lipinski definition) is 1. The first-order chi connectivity index (χ1) is 6.84. The van der Waals surface area contributed by atoms with E-state index in [9.17, 15) is 0 Å². The van der Waals surface area contributed by atoms with Gasteiger partial charge in [-0.2, -0.15) is 0 Å². The lowest BCUT2D eigenvalue weighted by Crippen LogP contribution is -2.30. The smallest absolute Gasteiger partial charge is 0.0352 e. The van der Waals surface area contributed by atoms with Crippen molar-refractivity contribution >= 4 is 29.7 Å². The number of rotatable bonds is 0. The van der Waals surface area contributed by atoms with E-state index in [4.69, 9.17) is 5.73 Å². The molecular formula is C12H17IN2. The maximum Gasteiger partial charge on any atom is 0.0352 e. The molecule has 0 bridgehead atoms. The Labute approximate surface area is 108 Å². The Kier molecular flexibility index (Phi) is 3.21. The number of nitrogens with two attached hydrogens (primary N) is 1. The maximum absolute atomic E-state index is 5.85. The summed E-state index contributed by atoms with van der Waals surface area (Å²) in [6.07, 6.45) is 3.86. The summed E-state index contributed by atoms with van der Waals surface area (Å²) in [6, 6.07) is 7.09. The summed E-state index contributed by atoms with van der Waals surface area (Å²) in [5.74, 6) is 0. The average Bonchev–Trinajstić information content (AvgIpc) is 2.65. The molecule has 1 fully saturated rings. The van der Waals surface area contributed by atoms with Crippen molar-refractivity contribution in [3.63, 3.8) is 0 Å². The standard InChI is InChI=1S/C12H16N2.HI/c13-10-4-3-9-5-7-14-6-1-2-12(14)11(9)8-10;/h3-4,8,12H,1-2,5-7,13H2;1H. The van der Waals surface area contributed by atoms with E-state index in [1.165, 1.54) is 43.5 Å². The fourth-order valence-electron chi connectivity index (χ4n) is 2.86. The van der Waals surface area contributed by atoms with Crippen LogP contribution < -0.4 is 5.73 Å². The molecule has 1 aromatic carbocycles. The van der Waals surface area contributed by atoms with E-state index in [-0.39, 0.29) is 24.0 Å². The SMILES string of the molecule is I.Nc1ccc2c(c1)C1CCCN1CC2.